The summed E-state index contributed by atoms with van der Waals surface area (Å²) in [6.07, 6.45) is 3.11. The molecule has 1 heterocycles. The van der Waals surface area contributed by atoms with Crippen LogP contribution in [0.25, 0.3) is 10.9 Å². The normalized spacial score (nSPS) is 10.8. The summed E-state index contributed by atoms with van der Waals surface area (Å²) in [5.74, 6) is -0.224. The zero-order valence-corrected chi connectivity index (χ0v) is 10.6. The Labute approximate surface area is 106 Å². The van der Waals surface area contributed by atoms with Crippen LogP contribution in [0.1, 0.15) is 12.0 Å². The average Bonchev–Trinajstić information content (AvgIpc) is 2.68. The van der Waals surface area contributed by atoms with E-state index in [-0.39, 0.29) is 12.4 Å². The number of para-hydroxylation sites is 1. The Morgan fingerprint density at radius 1 is 1.39 bits per heavy atom. The van der Waals surface area contributed by atoms with E-state index in [0.717, 1.165) is 6.42 Å². The fourth-order valence-corrected chi connectivity index (χ4v) is 2.09. The van der Waals surface area contributed by atoms with Crippen LogP contribution in [0.3, 0.4) is 0 Å². The standard InChI is InChI=1S/C14H18N2O2/c1-16-10-11(7-9-18-14(17)6-8-15)12-4-2-3-5-13(12)16/h2-5,10H,6-9,15H2,1H3. The molecule has 0 aliphatic carbocycles. The van der Waals surface area contributed by atoms with Crippen LogP contribution in [0, 0.1) is 0 Å². The van der Waals surface area contributed by atoms with Gasteiger partial charge in [0.2, 0.25) is 0 Å². The Kier molecular flexibility index (Phi) is 3.99. The van der Waals surface area contributed by atoms with Crippen LogP contribution >= 0.6 is 0 Å². The van der Waals surface area contributed by atoms with Crippen molar-refractivity contribution in [3.8, 4) is 0 Å². The van der Waals surface area contributed by atoms with Gasteiger partial charge in [0, 0.05) is 37.1 Å². The molecule has 0 fully saturated rings. The second kappa shape index (κ2) is 5.69. The third kappa shape index (κ3) is 2.71. The van der Waals surface area contributed by atoms with Crippen molar-refractivity contribution >= 4 is 16.9 Å². The minimum atomic E-state index is -0.224. The predicted octanol–water partition coefficient (Wildman–Crippen LogP) is 1.61. The molecular weight excluding hydrogens is 228 g/mol. The van der Waals surface area contributed by atoms with Gasteiger partial charge in [0.1, 0.15) is 0 Å². The Balaban J connectivity index is 2.02. The maximum atomic E-state index is 11.2. The van der Waals surface area contributed by atoms with Gasteiger partial charge in [-0.3, -0.25) is 4.79 Å². The Bertz CT molecular complexity index is 546. The summed E-state index contributed by atoms with van der Waals surface area (Å²) in [5.41, 5.74) is 7.68. The lowest BCUT2D eigenvalue weighted by Gasteiger charge is -2.03. The van der Waals surface area contributed by atoms with Gasteiger partial charge in [-0.05, 0) is 11.6 Å². The maximum absolute atomic E-state index is 11.2. The molecule has 0 saturated heterocycles. The van der Waals surface area contributed by atoms with Crippen molar-refractivity contribution in [3.05, 3.63) is 36.0 Å². The minimum Gasteiger partial charge on any atom is -0.465 e. The number of rotatable bonds is 5. The van der Waals surface area contributed by atoms with Gasteiger partial charge < -0.3 is 15.0 Å². The van der Waals surface area contributed by atoms with E-state index in [1.165, 1.54) is 16.5 Å². The molecule has 1 aromatic heterocycles. The van der Waals surface area contributed by atoms with Crippen molar-refractivity contribution in [1.82, 2.24) is 4.57 Å². The molecule has 0 bridgehead atoms. The van der Waals surface area contributed by atoms with Gasteiger partial charge in [-0.2, -0.15) is 0 Å². The molecule has 0 saturated carbocycles. The summed E-state index contributed by atoms with van der Waals surface area (Å²) < 4.78 is 7.21. The molecule has 0 aliphatic heterocycles. The fourth-order valence-electron chi connectivity index (χ4n) is 2.09. The van der Waals surface area contributed by atoms with Crippen molar-refractivity contribution in [1.29, 1.82) is 0 Å². The number of hydrogen-bond acceptors (Lipinski definition) is 3. The van der Waals surface area contributed by atoms with E-state index in [2.05, 4.69) is 22.9 Å². The lowest BCUT2D eigenvalue weighted by Crippen LogP contribution is -2.12. The number of carbonyl (C=O) groups is 1. The molecule has 1 aromatic carbocycles. The summed E-state index contributed by atoms with van der Waals surface area (Å²) in [7, 11) is 2.02. The van der Waals surface area contributed by atoms with Gasteiger partial charge in [-0.1, -0.05) is 18.2 Å². The van der Waals surface area contributed by atoms with E-state index < -0.39 is 0 Å². The number of esters is 1. The molecule has 0 atom stereocenters. The first-order valence-corrected chi connectivity index (χ1v) is 6.11. The molecule has 18 heavy (non-hydrogen) atoms. The van der Waals surface area contributed by atoms with E-state index >= 15 is 0 Å². The molecule has 4 nitrogen and oxygen atoms in total. The zero-order valence-electron chi connectivity index (χ0n) is 10.6. The van der Waals surface area contributed by atoms with Crippen molar-refractivity contribution in [2.75, 3.05) is 13.2 Å². The van der Waals surface area contributed by atoms with Gasteiger partial charge in [0.25, 0.3) is 0 Å². The molecule has 4 heteroatoms. The SMILES string of the molecule is Cn1cc(CCOC(=O)CCN)c2ccccc21. The van der Waals surface area contributed by atoms with Gasteiger partial charge >= 0.3 is 5.97 Å². The third-order valence-electron chi connectivity index (χ3n) is 2.96. The molecule has 96 valence electrons. The molecule has 0 aliphatic rings. The number of nitrogens with two attached hydrogens (primary N) is 1. The molecular formula is C14H18N2O2. The first-order valence-electron chi connectivity index (χ1n) is 6.11. The molecule has 0 spiro atoms. The van der Waals surface area contributed by atoms with Gasteiger partial charge in [0.15, 0.2) is 0 Å². The minimum absolute atomic E-state index is 0.224. The second-order valence-electron chi connectivity index (χ2n) is 4.29. The van der Waals surface area contributed by atoms with Crippen molar-refractivity contribution in [2.24, 2.45) is 12.8 Å². The quantitative estimate of drug-likeness (QED) is 0.815. The van der Waals surface area contributed by atoms with Crippen molar-refractivity contribution in [2.45, 2.75) is 12.8 Å². The second-order valence-corrected chi connectivity index (χ2v) is 4.29. The lowest BCUT2D eigenvalue weighted by molar-refractivity contribution is -0.143. The number of ether oxygens (including phenoxy) is 1. The molecule has 2 aromatic rings. The van der Waals surface area contributed by atoms with E-state index in [1.54, 1.807) is 0 Å². The van der Waals surface area contributed by atoms with Gasteiger partial charge in [0.05, 0.1) is 13.0 Å². The topological polar surface area (TPSA) is 57.2 Å². The van der Waals surface area contributed by atoms with Gasteiger partial charge in [-0.15, -0.1) is 0 Å². The number of benzene rings is 1. The molecule has 2 N–H and O–H groups in total. The average molecular weight is 246 g/mol. The highest BCUT2D eigenvalue weighted by atomic mass is 16.5. The molecule has 0 unspecified atom stereocenters. The van der Waals surface area contributed by atoms with Crippen molar-refractivity contribution < 1.29 is 9.53 Å². The van der Waals surface area contributed by atoms with Crippen LogP contribution in [0.2, 0.25) is 0 Å². The van der Waals surface area contributed by atoms with Crippen LogP contribution in [-0.2, 0) is 23.0 Å². The fraction of sp³-hybridized carbons (Fsp3) is 0.357. The highest BCUT2D eigenvalue weighted by Crippen LogP contribution is 2.20. The lowest BCUT2D eigenvalue weighted by atomic mass is 10.1. The summed E-state index contributed by atoms with van der Waals surface area (Å²) >= 11 is 0. The van der Waals surface area contributed by atoms with E-state index in [1.807, 2.05) is 19.2 Å². The summed E-state index contributed by atoms with van der Waals surface area (Å²) in [6, 6.07) is 8.21. The van der Waals surface area contributed by atoms with E-state index in [0.29, 0.717) is 13.2 Å². The van der Waals surface area contributed by atoms with Crippen LogP contribution in [0.15, 0.2) is 30.5 Å². The first-order chi connectivity index (χ1) is 8.72. The van der Waals surface area contributed by atoms with E-state index in [9.17, 15) is 4.79 Å². The Hall–Kier alpha value is -1.81. The monoisotopic (exact) mass is 246 g/mol. The summed E-state index contributed by atoms with van der Waals surface area (Å²) in [4.78, 5) is 11.2. The largest absolute Gasteiger partial charge is 0.465 e. The van der Waals surface area contributed by atoms with Crippen LogP contribution in [-0.4, -0.2) is 23.7 Å². The molecule has 0 radical (unpaired) electrons. The first kappa shape index (κ1) is 12.6. The highest BCUT2D eigenvalue weighted by Gasteiger charge is 2.07. The van der Waals surface area contributed by atoms with E-state index in [4.69, 9.17) is 10.5 Å². The Morgan fingerprint density at radius 3 is 2.94 bits per heavy atom. The zero-order chi connectivity index (χ0) is 13.0. The van der Waals surface area contributed by atoms with Crippen molar-refractivity contribution in [3.63, 3.8) is 0 Å². The van der Waals surface area contributed by atoms with Crippen LogP contribution < -0.4 is 5.73 Å². The number of fused-ring (bicyclic) bond motifs is 1. The number of aryl methyl sites for hydroxylation is 1. The summed E-state index contributed by atoms with van der Waals surface area (Å²) in [5, 5.41) is 1.22. The van der Waals surface area contributed by atoms with Crippen LogP contribution in [0.5, 0.6) is 0 Å². The summed E-state index contributed by atoms with van der Waals surface area (Å²) in [6.45, 7) is 0.750. The highest BCUT2D eigenvalue weighted by molar-refractivity contribution is 5.83. The maximum Gasteiger partial charge on any atom is 0.307 e. The molecule has 2 rings (SSSR count). The third-order valence-corrected chi connectivity index (χ3v) is 2.96. The number of carbonyl (C=O) groups excluding carboxylic acids is 1. The predicted molar refractivity (Wildman–Crippen MR) is 71.3 cm³/mol. The molecule has 0 amide bonds. The number of hydrogen-bond donors (Lipinski definition) is 1. The van der Waals surface area contributed by atoms with Crippen LogP contribution in [0.4, 0.5) is 0 Å². The number of nitrogens with zero attached hydrogens (tertiary/aromatic N) is 1. The smallest absolute Gasteiger partial charge is 0.307 e. The Morgan fingerprint density at radius 2 is 2.17 bits per heavy atom. The van der Waals surface area contributed by atoms with Gasteiger partial charge in [-0.25, -0.2) is 0 Å². The number of aromatic nitrogens is 1.